The topological polar surface area (TPSA) is 20.2 Å². The summed E-state index contributed by atoms with van der Waals surface area (Å²) in [5.41, 5.74) is 0. The van der Waals surface area contributed by atoms with Gasteiger partial charge in [0.2, 0.25) is 0 Å². The molecule has 64 valence electrons. The van der Waals surface area contributed by atoms with E-state index in [-0.39, 0.29) is 6.10 Å². The van der Waals surface area contributed by atoms with Gasteiger partial charge in [0.1, 0.15) is 0 Å². The standard InChI is InChI=1S/C8H12ClIO/c1-7(9)4-5-8(11)3-2-6-10/h2,4,6,8,11H,3,5H2,1H3/b6-2-,7-4+/t8-/m1/s1. The van der Waals surface area contributed by atoms with Gasteiger partial charge in [-0.25, -0.2) is 0 Å². The summed E-state index contributed by atoms with van der Waals surface area (Å²) in [5.74, 6) is 0. The number of aliphatic hydroxyl groups excluding tert-OH is 1. The van der Waals surface area contributed by atoms with E-state index in [0.29, 0.717) is 12.8 Å². The normalized spacial score (nSPS) is 15.8. The SMILES string of the molecule is C/C(Cl)=C\C[C@H](O)C/C=C\I. The van der Waals surface area contributed by atoms with Crippen molar-refractivity contribution >= 4 is 34.2 Å². The average molecular weight is 287 g/mol. The first-order chi connectivity index (χ1) is 5.16. The van der Waals surface area contributed by atoms with Crippen molar-refractivity contribution < 1.29 is 5.11 Å². The molecule has 0 aliphatic rings. The zero-order valence-electron chi connectivity index (χ0n) is 6.43. The predicted octanol–water partition coefficient (Wildman–Crippen LogP) is 3.22. The Labute approximate surface area is 86.3 Å². The van der Waals surface area contributed by atoms with E-state index >= 15 is 0 Å². The van der Waals surface area contributed by atoms with Crippen molar-refractivity contribution in [1.82, 2.24) is 0 Å². The van der Waals surface area contributed by atoms with Crippen molar-refractivity contribution in [2.45, 2.75) is 25.9 Å². The number of hydrogen-bond acceptors (Lipinski definition) is 1. The fourth-order valence-corrected chi connectivity index (χ4v) is 0.986. The van der Waals surface area contributed by atoms with Gasteiger partial charge >= 0.3 is 0 Å². The zero-order chi connectivity index (χ0) is 8.69. The van der Waals surface area contributed by atoms with Gasteiger partial charge in [-0.3, -0.25) is 0 Å². The molecule has 0 unspecified atom stereocenters. The molecule has 0 heterocycles. The maximum absolute atomic E-state index is 9.27. The fraction of sp³-hybridized carbons (Fsp3) is 0.500. The molecule has 0 aliphatic carbocycles. The molecule has 0 saturated carbocycles. The van der Waals surface area contributed by atoms with Crippen LogP contribution in [-0.4, -0.2) is 11.2 Å². The van der Waals surface area contributed by atoms with E-state index in [9.17, 15) is 5.11 Å². The number of rotatable bonds is 4. The maximum Gasteiger partial charge on any atom is 0.0609 e. The summed E-state index contributed by atoms with van der Waals surface area (Å²) < 4.78 is 1.90. The lowest BCUT2D eigenvalue weighted by Crippen LogP contribution is -2.02. The number of allylic oxidation sites excluding steroid dienone is 1. The summed E-state index contributed by atoms with van der Waals surface area (Å²) in [6.45, 7) is 1.81. The predicted molar refractivity (Wildman–Crippen MR) is 58.0 cm³/mol. The minimum absolute atomic E-state index is 0.297. The van der Waals surface area contributed by atoms with Crippen LogP contribution in [0.25, 0.3) is 0 Å². The van der Waals surface area contributed by atoms with Gasteiger partial charge in [0, 0.05) is 5.03 Å². The van der Waals surface area contributed by atoms with E-state index in [1.807, 2.05) is 23.2 Å². The number of hydrogen-bond donors (Lipinski definition) is 1. The fourth-order valence-electron chi connectivity index (χ4n) is 0.603. The van der Waals surface area contributed by atoms with Crippen LogP contribution in [0.4, 0.5) is 0 Å². The van der Waals surface area contributed by atoms with Gasteiger partial charge in [0.05, 0.1) is 6.10 Å². The van der Waals surface area contributed by atoms with Gasteiger partial charge in [-0.05, 0) is 23.8 Å². The molecule has 0 spiro atoms. The molecule has 0 aromatic rings. The van der Waals surface area contributed by atoms with Crippen LogP contribution in [0.15, 0.2) is 21.3 Å². The van der Waals surface area contributed by atoms with Gasteiger partial charge in [-0.15, -0.1) is 0 Å². The highest BCUT2D eigenvalue weighted by Crippen LogP contribution is 2.06. The minimum atomic E-state index is -0.297. The highest BCUT2D eigenvalue weighted by atomic mass is 127. The summed E-state index contributed by atoms with van der Waals surface area (Å²) in [6, 6.07) is 0. The van der Waals surface area contributed by atoms with Crippen LogP contribution < -0.4 is 0 Å². The lowest BCUT2D eigenvalue weighted by atomic mass is 10.2. The largest absolute Gasteiger partial charge is 0.392 e. The Hall–Kier alpha value is 0.460. The second kappa shape index (κ2) is 7.13. The van der Waals surface area contributed by atoms with E-state index in [0.717, 1.165) is 5.03 Å². The van der Waals surface area contributed by atoms with Crippen molar-refractivity contribution in [3.05, 3.63) is 21.3 Å². The third-order valence-corrected chi connectivity index (χ3v) is 1.83. The molecule has 0 bridgehead atoms. The molecule has 1 nitrogen and oxygen atoms in total. The molecule has 11 heavy (non-hydrogen) atoms. The molecule has 0 rings (SSSR count). The summed E-state index contributed by atoms with van der Waals surface area (Å²) in [7, 11) is 0. The van der Waals surface area contributed by atoms with Crippen LogP contribution in [0.3, 0.4) is 0 Å². The van der Waals surface area contributed by atoms with Gasteiger partial charge in [-0.2, -0.15) is 0 Å². The third kappa shape index (κ3) is 8.37. The first-order valence-corrected chi connectivity index (χ1v) is 5.04. The van der Waals surface area contributed by atoms with Gasteiger partial charge in [0.15, 0.2) is 0 Å². The van der Waals surface area contributed by atoms with Crippen molar-refractivity contribution in [2.24, 2.45) is 0 Å². The number of halogens is 2. The van der Waals surface area contributed by atoms with E-state index in [1.54, 1.807) is 0 Å². The molecule has 0 fully saturated rings. The quantitative estimate of drug-likeness (QED) is 0.787. The molecular weight excluding hydrogens is 274 g/mol. The molecule has 0 saturated heterocycles. The van der Waals surface area contributed by atoms with Crippen molar-refractivity contribution in [2.75, 3.05) is 0 Å². The van der Waals surface area contributed by atoms with E-state index in [2.05, 4.69) is 22.6 Å². The second-order valence-corrected chi connectivity index (χ2v) is 3.59. The van der Waals surface area contributed by atoms with Gasteiger partial charge < -0.3 is 5.11 Å². The third-order valence-electron chi connectivity index (χ3n) is 1.17. The summed E-state index contributed by atoms with van der Waals surface area (Å²) in [6.07, 6.45) is 4.80. The summed E-state index contributed by atoms with van der Waals surface area (Å²) >= 11 is 7.72. The molecule has 1 atom stereocenters. The lowest BCUT2D eigenvalue weighted by Gasteiger charge is -2.02. The molecule has 0 aromatic carbocycles. The molecule has 0 aromatic heterocycles. The minimum Gasteiger partial charge on any atom is -0.392 e. The first kappa shape index (κ1) is 11.5. The first-order valence-electron chi connectivity index (χ1n) is 3.42. The Balaban J connectivity index is 3.52. The van der Waals surface area contributed by atoms with Crippen LogP contribution in [0.1, 0.15) is 19.8 Å². The van der Waals surface area contributed by atoms with Gasteiger partial charge in [-0.1, -0.05) is 46.3 Å². The van der Waals surface area contributed by atoms with E-state index in [1.165, 1.54) is 0 Å². The van der Waals surface area contributed by atoms with Crippen molar-refractivity contribution in [3.8, 4) is 0 Å². The average Bonchev–Trinajstić information content (AvgIpc) is 1.97. The Kier molecular flexibility index (Phi) is 7.43. The Morgan fingerprint density at radius 2 is 2.27 bits per heavy atom. The summed E-state index contributed by atoms with van der Waals surface area (Å²) in [4.78, 5) is 0. The van der Waals surface area contributed by atoms with E-state index < -0.39 is 0 Å². The Morgan fingerprint density at radius 3 is 2.73 bits per heavy atom. The number of aliphatic hydroxyl groups is 1. The lowest BCUT2D eigenvalue weighted by molar-refractivity contribution is 0.181. The molecule has 0 amide bonds. The van der Waals surface area contributed by atoms with Gasteiger partial charge in [0.25, 0.3) is 0 Å². The monoisotopic (exact) mass is 286 g/mol. The van der Waals surface area contributed by atoms with Crippen LogP contribution in [0, 0.1) is 0 Å². The van der Waals surface area contributed by atoms with Crippen molar-refractivity contribution in [1.29, 1.82) is 0 Å². The summed E-state index contributed by atoms with van der Waals surface area (Å²) in [5, 5.41) is 10.0. The van der Waals surface area contributed by atoms with Crippen LogP contribution in [-0.2, 0) is 0 Å². The molecule has 3 heteroatoms. The van der Waals surface area contributed by atoms with Crippen LogP contribution in [0.2, 0.25) is 0 Å². The smallest absolute Gasteiger partial charge is 0.0609 e. The molecule has 0 aliphatic heterocycles. The molecular formula is C8H12ClIO. The Morgan fingerprint density at radius 1 is 1.64 bits per heavy atom. The van der Waals surface area contributed by atoms with E-state index in [4.69, 9.17) is 11.6 Å². The zero-order valence-corrected chi connectivity index (χ0v) is 9.34. The highest BCUT2D eigenvalue weighted by molar-refractivity contribution is 14.1. The molecule has 1 N–H and O–H groups in total. The van der Waals surface area contributed by atoms with Crippen LogP contribution in [0.5, 0.6) is 0 Å². The van der Waals surface area contributed by atoms with Crippen LogP contribution >= 0.6 is 34.2 Å². The highest BCUT2D eigenvalue weighted by Gasteiger charge is 1.97. The van der Waals surface area contributed by atoms with Crippen molar-refractivity contribution in [3.63, 3.8) is 0 Å². The maximum atomic E-state index is 9.27. The molecule has 0 radical (unpaired) electrons. The Bertz CT molecular complexity index is 150. The second-order valence-electron chi connectivity index (χ2n) is 2.28.